The minimum absolute atomic E-state index is 0.111. The van der Waals surface area contributed by atoms with Crippen LogP contribution in [0, 0.1) is 0 Å². The lowest BCUT2D eigenvalue weighted by atomic mass is 10.1. The van der Waals surface area contributed by atoms with E-state index in [0.717, 1.165) is 0 Å². The third kappa shape index (κ3) is 12.1. The normalized spacial score (nSPS) is 13.3. The minimum atomic E-state index is -4.22. The van der Waals surface area contributed by atoms with Gasteiger partial charge in [0.2, 0.25) is 0 Å². The summed E-state index contributed by atoms with van der Waals surface area (Å²) in [5.74, 6) is 1.25. The maximum atomic E-state index is 11.6. The van der Waals surface area contributed by atoms with Gasteiger partial charge in [0.15, 0.2) is 0 Å². The molecule has 2 N–H and O–H groups in total. The van der Waals surface area contributed by atoms with E-state index in [0.29, 0.717) is 11.5 Å². The Balaban J connectivity index is 3.23. The monoisotopic (exact) mass is 231 g/mol. The van der Waals surface area contributed by atoms with Gasteiger partial charge in [0.25, 0.3) is 0 Å². The van der Waals surface area contributed by atoms with Crippen molar-refractivity contribution >= 4 is 11.8 Å². The number of hydrogen-bond donors (Lipinski definition) is 1. The Morgan fingerprint density at radius 1 is 1.29 bits per heavy atom. The molecule has 0 saturated heterocycles. The molecule has 0 unspecified atom stereocenters. The fourth-order valence-corrected chi connectivity index (χ4v) is 1.55. The molecule has 6 heteroatoms. The Kier molecular flexibility index (Phi) is 5.85. The van der Waals surface area contributed by atoms with E-state index in [-0.39, 0.29) is 12.1 Å². The Bertz CT molecular complexity index is 138. The molecule has 0 aliphatic rings. The predicted molar refractivity (Wildman–Crippen MR) is 52.5 cm³/mol. The van der Waals surface area contributed by atoms with E-state index in [2.05, 4.69) is 4.74 Å². The smallest absolute Gasteiger partial charge is 0.371 e. The van der Waals surface area contributed by atoms with Crippen molar-refractivity contribution in [2.24, 2.45) is 5.73 Å². The molecule has 0 rings (SSSR count). The quantitative estimate of drug-likeness (QED) is 0.710. The standard InChI is InChI=1S/C8H16F3NOS/c1-7(2,12)6-14-4-3-13-5-8(9,10)11/h3-6,12H2,1-2H3. The number of hydrogen-bond acceptors (Lipinski definition) is 3. The van der Waals surface area contributed by atoms with E-state index in [1.165, 1.54) is 11.8 Å². The third-order valence-electron chi connectivity index (χ3n) is 1.11. The fraction of sp³-hybridized carbons (Fsp3) is 1.00. The number of thioether (sulfide) groups is 1. The first kappa shape index (κ1) is 14.1. The van der Waals surface area contributed by atoms with E-state index in [1.807, 2.05) is 13.8 Å². The molecule has 0 atom stereocenters. The van der Waals surface area contributed by atoms with Gasteiger partial charge in [-0.1, -0.05) is 0 Å². The maximum absolute atomic E-state index is 11.6. The Morgan fingerprint density at radius 2 is 1.86 bits per heavy atom. The van der Waals surface area contributed by atoms with Crippen LogP contribution in [0.3, 0.4) is 0 Å². The first-order valence-electron chi connectivity index (χ1n) is 4.22. The minimum Gasteiger partial charge on any atom is -0.371 e. The van der Waals surface area contributed by atoms with Crippen molar-refractivity contribution in [1.82, 2.24) is 0 Å². The second-order valence-electron chi connectivity index (χ2n) is 3.71. The van der Waals surface area contributed by atoms with Crippen LogP contribution in [0.4, 0.5) is 13.2 Å². The third-order valence-corrected chi connectivity index (χ3v) is 2.52. The van der Waals surface area contributed by atoms with Crippen molar-refractivity contribution in [2.75, 3.05) is 24.7 Å². The molecule has 0 saturated carbocycles. The van der Waals surface area contributed by atoms with Crippen LogP contribution in [0.15, 0.2) is 0 Å². The van der Waals surface area contributed by atoms with E-state index in [1.54, 1.807) is 0 Å². The van der Waals surface area contributed by atoms with Gasteiger partial charge in [0, 0.05) is 17.0 Å². The average molecular weight is 231 g/mol. The zero-order valence-electron chi connectivity index (χ0n) is 8.36. The van der Waals surface area contributed by atoms with Gasteiger partial charge in [-0.2, -0.15) is 24.9 Å². The van der Waals surface area contributed by atoms with Crippen LogP contribution in [-0.2, 0) is 4.74 Å². The SMILES string of the molecule is CC(C)(N)CSCCOCC(F)(F)F. The molecule has 14 heavy (non-hydrogen) atoms. The zero-order chi connectivity index (χ0) is 11.2. The van der Waals surface area contributed by atoms with E-state index >= 15 is 0 Å². The number of nitrogens with two attached hydrogens (primary N) is 1. The van der Waals surface area contributed by atoms with Gasteiger partial charge in [-0.3, -0.25) is 0 Å². The molecule has 0 radical (unpaired) electrons. The van der Waals surface area contributed by atoms with Gasteiger partial charge in [-0.15, -0.1) is 0 Å². The van der Waals surface area contributed by atoms with Crippen LogP contribution < -0.4 is 5.73 Å². The van der Waals surface area contributed by atoms with Crippen LogP contribution >= 0.6 is 11.8 Å². The highest BCUT2D eigenvalue weighted by atomic mass is 32.2. The predicted octanol–water partition coefficient (Wildman–Crippen LogP) is 2.04. The van der Waals surface area contributed by atoms with Gasteiger partial charge < -0.3 is 10.5 Å². The number of alkyl halides is 3. The summed E-state index contributed by atoms with van der Waals surface area (Å²) in [6.45, 7) is 2.69. The summed E-state index contributed by atoms with van der Waals surface area (Å²) in [5.41, 5.74) is 5.39. The molecule has 86 valence electrons. The van der Waals surface area contributed by atoms with E-state index in [4.69, 9.17) is 5.73 Å². The molecule has 0 aromatic carbocycles. The lowest BCUT2D eigenvalue weighted by Gasteiger charge is -2.17. The molecule has 0 aromatic heterocycles. The highest BCUT2D eigenvalue weighted by Gasteiger charge is 2.27. The second kappa shape index (κ2) is 5.82. The van der Waals surface area contributed by atoms with Crippen LogP contribution in [0.2, 0.25) is 0 Å². The average Bonchev–Trinajstić information content (AvgIpc) is 1.92. The summed E-state index contributed by atoms with van der Waals surface area (Å²) in [7, 11) is 0. The van der Waals surface area contributed by atoms with Crippen molar-refractivity contribution in [3.8, 4) is 0 Å². The summed E-state index contributed by atoms with van der Waals surface area (Å²) in [6, 6.07) is 0. The Labute approximate surface area is 86.4 Å². The van der Waals surface area contributed by atoms with Crippen molar-refractivity contribution in [2.45, 2.75) is 25.6 Å². The molecule has 0 spiro atoms. The molecule has 0 aromatic rings. The van der Waals surface area contributed by atoms with Crippen molar-refractivity contribution in [1.29, 1.82) is 0 Å². The molecule has 0 fully saturated rings. The molecule has 0 bridgehead atoms. The summed E-state index contributed by atoms with van der Waals surface area (Å²) < 4.78 is 39.2. The van der Waals surface area contributed by atoms with Crippen LogP contribution in [0.1, 0.15) is 13.8 Å². The van der Waals surface area contributed by atoms with Crippen molar-refractivity contribution in [3.63, 3.8) is 0 Å². The molecule has 0 amide bonds. The lowest BCUT2D eigenvalue weighted by molar-refractivity contribution is -0.172. The summed E-state index contributed by atoms with van der Waals surface area (Å²) in [5, 5.41) is 0. The topological polar surface area (TPSA) is 35.2 Å². The van der Waals surface area contributed by atoms with Crippen LogP contribution in [0.25, 0.3) is 0 Å². The van der Waals surface area contributed by atoms with Gasteiger partial charge in [-0.25, -0.2) is 0 Å². The van der Waals surface area contributed by atoms with Crippen LogP contribution in [-0.4, -0.2) is 36.4 Å². The van der Waals surface area contributed by atoms with Gasteiger partial charge in [0.05, 0.1) is 6.61 Å². The van der Waals surface area contributed by atoms with Gasteiger partial charge in [-0.05, 0) is 13.8 Å². The number of halogens is 3. The summed E-state index contributed by atoms with van der Waals surface area (Å²) >= 11 is 1.49. The number of ether oxygens (including phenoxy) is 1. The van der Waals surface area contributed by atoms with Crippen molar-refractivity contribution < 1.29 is 17.9 Å². The molecule has 0 aliphatic heterocycles. The maximum Gasteiger partial charge on any atom is 0.411 e. The summed E-state index contributed by atoms with van der Waals surface area (Å²) in [4.78, 5) is 0. The number of rotatable bonds is 6. The highest BCUT2D eigenvalue weighted by Crippen LogP contribution is 2.15. The first-order chi connectivity index (χ1) is 6.21. The lowest BCUT2D eigenvalue weighted by Crippen LogP contribution is -2.35. The molecule has 2 nitrogen and oxygen atoms in total. The van der Waals surface area contributed by atoms with E-state index < -0.39 is 12.8 Å². The first-order valence-corrected chi connectivity index (χ1v) is 5.37. The molecule has 0 heterocycles. The van der Waals surface area contributed by atoms with Gasteiger partial charge in [0.1, 0.15) is 6.61 Å². The molecular weight excluding hydrogens is 215 g/mol. The zero-order valence-corrected chi connectivity index (χ0v) is 9.17. The molecule has 0 aliphatic carbocycles. The second-order valence-corrected chi connectivity index (χ2v) is 4.81. The van der Waals surface area contributed by atoms with Gasteiger partial charge >= 0.3 is 6.18 Å². The van der Waals surface area contributed by atoms with E-state index in [9.17, 15) is 13.2 Å². The Hall–Kier alpha value is 0.0600. The van der Waals surface area contributed by atoms with Crippen LogP contribution in [0.5, 0.6) is 0 Å². The molecular formula is C8H16F3NOS. The largest absolute Gasteiger partial charge is 0.411 e. The Morgan fingerprint density at radius 3 is 2.29 bits per heavy atom. The highest BCUT2D eigenvalue weighted by molar-refractivity contribution is 7.99. The van der Waals surface area contributed by atoms with Crippen molar-refractivity contribution in [3.05, 3.63) is 0 Å². The fourth-order valence-electron chi connectivity index (χ4n) is 0.641. The summed E-state index contributed by atoms with van der Waals surface area (Å²) in [6.07, 6.45) is -4.22.